The zero-order chi connectivity index (χ0) is 18.7. The van der Waals surface area contributed by atoms with Gasteiger partial charge in [-0.25, -0.2) is 9.50 Å². The monoisotopic (exact) mass is 400 g/mol. The molecule has 0 unspecified atom stereocenters. The lowest BCUT2D eigenvalue weighted by molar-refractivity contribution is -0.274. The highest BCUT2D eigenvalue weighted by molar-refractivity contribution is 7.59. The van der Waals surface area contributed by atoms with Crippen LogP contribution in [0.5, 0.6) is 11.6 Å². The van der Waals surface area contributed by atoms with E-state index in [1.807, 2.05) is 6.92 Å². The molecular formula is C17H19F3N4O2S. The fraction of sp³-hybridized carbons (Fsp3) is 0.294. The molecule has 0 bridgehead atoms. The number of alkyl halides is 3. The predicted octanol–water partition coefficient (Wildman–Crippen LogP) is 3.52. The van der Waals surface area contributed by atoms with Crippen molar-refractivity contribution in [1.29, 1.82) is 0 Å². The molecule has 2 N–H and O–H groups in total. The maximum atomic E-state index is 12.4. The Hall–Kier alpha value is -2.46. The van der Waals surface area contributed by atoms with Gasteiger partial charge in [-0.3, -0.25) is 0 Å². The molecule has 2 aromatic heterocycles. The van der Waals surface area contributed by atoms with Crippen LogP contribution >= 0.6 is 13.5 Å². The summed E-state index contributed by atoms with van der Waals surface area (Å²) in [5, 5.41) is 4.34. The first-order valence-electron chi connectivity index (χ1n) is 7.95. The second-order valence-corrected chi connectivity index (χ2v) is 5.64. The zero-order valence-electron chi connectivity index (χ0n) is 14.4. The van der Waals surface area contributed by atoms with Crippen molar-refractivity contribution < 1.29 is 22.6 Å². The number of hydrogen-bond donors (Lipinski definition) is 1. The van der Waals surface area contributed by atoms with E-state index in [9.17, 15) is 13.2 Å². The molecule has 0 aliphatic carbocycles. The molecule has 10 heteroatoms. The van der Waals surface area contributed by atoms with E-state index in [0.717, 1.165) is 6.42 Å². The Morgan fingerprint density at radius 1 is 1.22 bits per heavy atom. The van der Waals surface area contributed by atoms with Crippen LogP contribution in [-0.2, 0) is 0 Å². The standard InChI is InChI=1S/C17H17F3N4O2.H2S/c1-2-12(21)10-25-16-7-6-15-22-9-14(24(15)23-16)11-4-3-5-13(8-11)26-17(18,19)20;/h3-9,12H,2,10,21H2,1H3;1H2/t12-;/m0./s1. The largest absolute Gasteiger partial charge is 0.573 e. The normalized spacial score (nSPS) is 12.5. The van der Waals surface area contributed by atoms with Crippen LogP contribution in [0.2, 0.25) is 0 Å². The molecule has 3 aromatic rings. The van der Waals surface area contributed by atoms with Crippen molar-refractivity contribution in [2.24, 2.45) is 5.73 Å². The van der Waals surface area contributed by atoms with Gasteiger partial charge in [0.05, 0.1) is 11.9 Å². The van der Waals surface area contributed by atoms with Gasteiger partial charge in [0.2, 0.25) is 5.88 Å². The molecule has 0 saturated carbocycles. The molecule has 0 amide bonds. The van der Waals surface area contributed by atoms with Crippen molar-refractivity contribution in [3.63, 3.8) is 0 Å². The van der Waals surface area contributed by atoms with E-state index in [2.05, 4.69) is 14.8 Å². The summed E-state index contributed by atoms with van der Waals surface area (Å²) in [5.41, 5.74) is 7.35. The zero-order valence-corrected chi connectivity index (χ0v) is 15.4. The number of fused-ring (bicyclic) bond motifs is 1. The number of rotatable bonds is 6. The summed E-state index contributed by atoms with van der Waals surface area (Å²) in [6.07, 6.45) is -2.46. The molecule has 0 fully saturated rings. The number of halogens is 3. The molecule has 3 rings (SSSR count). The number of hydrogen-bond acceptors (Lipinski definition) is 5. The van der Waals surface area contributed by atoms with Gasteiger partial charge >= 0.3 is 6.36 Å². The van der Waals surface area contributed by atoms with Gasteiger partial charge in [0, 0.05) is 17.7 Å². The van der Waals surface area contributed by atoms with Gasteiger partial charge in [0.1, 0.15) is 12.4 Å². The van der Waals surface area contributed by atoms with E-state index in [1.54, 1.807) is 18.2 Å². The number of nitrogens with zero attached hydrogens (tertiary/aromatic N) is 3. The van der Waals surface area contributed by atoms with E-state index >= 15 is 0 Å². The molecule has 0 radical (unpaired) electrons. The minimum absolute atomic E-state index is 0. The third kappa shape index (κ3) is 5.27. The lowest BCUT2D eigenvalue weighted by Gasteiger charge is -2.11. The van der Waals surface area contributed by atoms with E-state index in [1.165, 1.54) is 28.9 Å². The highest BCUT2D eigenvalue weighted by Crippen LogP contribution is 2.28. The topological polar surface area (TPSA) is 74.7 Å². The Morgan fingerprint density at radius 3 is 2.70 bits per heavy atom. The first kappa shape index (κ1) is 20.8. The average Bonchev–Trinajstić information content (AvgIpc) is 3.01. The molecule has 1 atom stereocenters. The maximum absolute atomic E-state index is 12.4. The van der Waals surface area contributed by atoms with Crippen molar-refractivity contribution in [1.82, 2.24) is 14.6 Å². The fourth-order valence-electron chi connectivity index (χ4n) is 2.29. The van der Waals surface area contributed by atoms with E-state index in [0.29, 0.717) is 29.4 Å². The summed E-state index contributed by atoms with van der Waals surface area (Å²) in [5.74, 6) is 0.0367. The van der Waals surface area contributed by atoms with Gasteiger partial charge in [-0.2, -0.15) is 13.5 Å². The Balaban J connectivity index is 0.00000261. The van der Waals surface area contributed by atoms with Crippen LogP contribution in [0.4, 0.5) is 13.2 Å². The maximum Gasteiger partial charge on any atom is 0.573 e. The van der Waals surface area contributed by atoms with Crippen molar-refractivity contribution in [3.05, 3.63) is 42.6 Å². The predicted molar refractivity (Wildman–Crippen MR) is 99.2 cm³/mol. The van der Waals surface area contributed by atoms with Crippen molar-refractivity contribution in [2.45, 2.75) is 25.7 Å². The van der Waals surface area contributed by atoms with Crippen molar-refractivity contribution in [3.8, 4) is 22.9 Å². The van der Waals surface area contributed by atoms with Gasteiger partial charge in [0.15, 0.2) is 5.65 Å². The Bertz CT molecular complexity index is 901. The minimum atomic E-state index is -4.75. The van der Waals surface area contributed by atoms with Gasteiger partial charge in [-0.05, 0) is 24.6 Å². The van der Waals surface area contributed by atoms with E-state index in [-0.39, 0.29) is 25.3 Å². The van der Waals surface area contributed by atoms with Crippen LogP contribution in [0, 0.1) is 0 Å². The van der Waals surface area contributed by atoms with Crippen molar-refractivity contribution in [2.75, 3.05) is 6.61 Å². The number of ether oxygens (including phenoxy) is 2. The van der Waals surface area contributed by atoms with Crippen LogP contribution in [0.15, 0.2) is 42.6 Å². The highest BCUT2D eigenvalue weighted by atomic mass is 32.1. The van der Waals surface area contributed by atoms with Gasteiger partial charge in [-0.15, -0.1) is 18.3 Å². The van der Waals surface area contributed by atoms with E-state index in [4.69, 9.17) is 10.5 Å². The van der Waals surface area contributed by atoms with Crippen LogP contribution < -0.4 is 15.2 Å². The van der Waals surface area contributed by atoms with Gasteiger partial charge in [-0.1, -0.05) is 19.1 Å². The lowest BCUT2D eigenvalue weighted by atomic mass is 10.1. The van der Waals surface area contributed by atoms with Gasteiger partial charge in [0.25, 0.3) is 0 Å². The fourth-order valence-corrected chi connectivity index (χ4v) is 2.29. The second-order valence-electron chi connectivity index (χ2n) is 5.64. The summed E-state index contributed by atoms with van der Waals surface area (Å²) in [4.78, 5) is 4.21. The third-order valence-electron chi connectivity index (χ3n) is 3.67. The molecule has 0 aliphatic rings. The summed E-state index contributed by atoms with van der Waals surface area (Å²) >= 11 is 0. The molecule has 0 aliphatic heterocycles. The second kappa shape index (κ2) is 8.49. The Kier molecular flexibility index (Phi) is 6.55. The Morgan fingerprint density at radius 2 is 2.00 bits per heavy atom. The van der Waals surface area contributed by atoms with Crippen LogP contribution in [0.1, 0.15) is 13.3 Å². The average molecular weight is 400 g/mol. The summed E-state index contributed by atoms with van der Waals surface area (Å²) in [6.45, 7) is 2.27. The molecule has 6 nitrogen and oxygen atoms in total. The smallest absolute Gasteiger partial charge is 0.475 e. The number of imidazole rings is 1. The molecule has 0 spiro atoms. The quantitative estimate of drug-likeness (QED) is 0.685. The van der Waals surface area contributed by atoms with Crippen LogP contribution in [0.25, 0.3) is 16.9 Å². The minimum Gasteiger partial charge on any atom is -0.475 e. The van der Waals surface area contributed by atoms with Crippen LogP contribution in [0.3, 0.4) is 0 Å². The lowest BCUT2D eigenvalue weighted by Crippen LogP contribution is -2.27. The first-order valence-corrected chi connectivity index (χ1v) is 7.95. The number of aromatic nitrogens is 3. The van der Waals surface area contributed by atoms with Gasteiger partial charge < -0.3 is 15.2 Å². The third-order valence-corrected chi connectivity index (χ3v) is 3.67. The Labute approximate surface area is 160 Å². The first-order chi connectivity index (χ1) is 12.4. The van der Waals surface area contributed by atoms with E-state index < -0.39 is 6.36 Å². The summed E-state index contributed by atoms with van der Waals surface area (Å²) in [7, 11) is 0. The summed E-state index contributed by atoms with van der Waals surface area (Å²) in [6, 6.07) is 8.89. The molecule has 2 heterocycles. The highest BCUT2D eigenvalue weighted by Gasteiger charge is 2.31. The van der Waals surface area contributed by atoms with Crippen molar-refractivity contribution >= 4 is 19.1 Å². The molecular weight excluding hydrogens is 381 g/mol. The summed E-state index contributed by atoms with van der Waals surface area (Å²) < 4.78 is 48.3. The molecule has 146 valence electrons. The molecule has 27 heavy (non-hydrogen) atoms. The number of nitrogens with two attached hydrogens (primary N) is 1. The molecule has 1 aromatic carbocycles. The SMILES string of the molecule is CC[C@H](N)COc1ccc2ncc(-c3cccc(OC(F)(F)F)c3)n2n1.S. The number of benzene rings is 1. The molecule has 0 saturated heterocycles. The van der Waals surface area contributed by atoms with Crippen LogP contribution in [-0.4, -0.2) is 33.6 Å².